The molecule has 2 aromatic rings. The molecule has 92 valence electrons. The summed E-state index contributed by atoms with van der Waals surface area (Å²) in [6.45, 7) is 0.970. The summed E-state index contributed by atoms with van der Waals surface area (Å²) in [6, 6.07) is 14.8. The van der Waals surface area contributed by atoms with Gasteiger partial charge in [-0.1, -0.05) is 18.2 Å². The van der Waals surface area contributed by atoms with Crippen LogP contribution in [0.3, 0.4) is 0 Å². The zero-order valence-electron chi connectivity index (χ0n) is 10.2. The van der Waals surface area contributed by atoms with Crippen molar-refractivity contribution >= 4 is 6.08 Å². The van der Waals surface area contributed by atoms with Crippen molar-refractivity contribution in [1.82, 2.24) is 4.90 Å². The molecular formula is C15H15IN2. The Kier molecular flexibility index (Phi) is 4.01. The Morgan fingerprint density at radius 1 is 1.06 bits per heavy atom. The highest BCUT2D eigenvalue weighted by Crippen LogP contribution is 2.19. The fourth-order valence-corrected chi connectivity index (χ4v) is 2.14. The van der Waals surface area contributed by atoms with E-state index in [1.807, 2.05) is 6.07 Å². The van der Waals surface area contributed by atoms with E-state index in [9.17, 15) is 0 Å². The van der Waals surface area contributed by atoms with Crippen LogP contribution in [0.15, 0.2) is 48.7 Å². The fraction of sp³-hybridized carbons (Fsp3) is 0.133. The summed E-state index contributed by atoms with van der Waals surface area (Å²) in [6.07, 6.45) is 4.23. The van der Waals surface area contributed by atoms with Gasteiger partial charge in [0.1, 0.15) is 0 Å². The zero-order chi connectivity index (χ0) is 11.7. The Morgan fingerprint density at radius 2 is 1.83 bits per heavy atom. The van der Waals surface area contributed by atoms with Gasteiger partial charge in [0, 0.05) is 43.1 Å². The van der Waals surface area contributed by atoms with Crippen LogP contribution in [-0.4, -0.2) is 11.9 Å². The number of nitrogens with zero attached hydrogens (tertiary/aromatic N) is 1. The van der Waals surface area contributed by atoms with Gasteiger partial charge in [0.15, 0.2) is 0 Å². The van der Waals surface area contributed by atoms with Gasteiger partial charge in [-0.3, -0.25) is 0 Å². The highest BCUT2D eigenvalue weighted by Gasteiger charge is 2.15. The summed E-state index contributed by atoms with van der Waals surface area (Å²) < 4.78 is 0. The summed E-state index contributed by atoms with van der Waals surface area (Å²) in [5.41, 5.74) is 4.94. The maximum absolute atomic E-state index is 3.49. The molecule has 1 N–H and O–H groups in total. The van der Waals surface area contributed by atoms with Crippen molar-refractivity contribution in [3.05, 3.63) is 59.9 Å². The van der Waals surface area contributed by atoms with Gasteiger partial charge < -0.3 is 28.9 Å². The second kappa shape index (κ2) is 5.52. The number of hydrogen-bond donors (Lipinski definition) is 0. The molecule has 1 aromatic heterocycles. The number of pyridine rings is 1. The van der Waals surface area contributed by atoms with Gasteiger partial charge in [0.2, 0.25) is 11.4 Å². The van der Waals surface area contributed by atoms with E-state index in [2.05, 4.69) is 65.6 Å². The Bertz CT molecular complexity index is 564. The topological polar surface area (TPSA) is 17.4 Å². The number of benzene rings is 1. The molecule has 1 aliphatic heterocycles. The molecule has 0 saturated heterocycles. The Labute approximate surface area is 124 Å². The molecule has 0 fully saturated rings. The lowest BCUT2D eigenvalue weighted by Crippen LogP contribution is -3.00. The molecule has 2 nitrogen and oxygen atoms in total. The van der Waals surface area contributed by atoms with E-state index >= 15 is 0 Å². The van der Waals surface area contributed by atoms with E-state index in [0.29, 0.717) is 0 Å². The molecule has 3 heteroatoms. The first-order chi connectivity index (χ1) is 8.33. The van der Waals surface area contributed by atoms with Crippen LogP contribution in [-0.2, 0) is 6.54 Å². The van der Waals surface area contributed by atoms with Crippen LogP contribution < -0.4 is 29.0 Å². The number of fused-ring (bicyclic) bond motifs is 1. The third-order valence-corrected chi connectivity index (χ3v) is 3.07. The van der Waals surface area contributed by atoms with Crippen LogP contribution >= 0.6 is 0 Å². The summed E-state index contributed by atoms with van der Waals surface area (Å²) in [4.78, 5) is 5.67. The van der Waals surface area contributed by atoms with Gasteiger partial charge in [0.05, 0.1) is 0 Å². The highest BCUT2D eigenvalue weighted by molar-refractivity contribution is 5.58. The Hall–Kier alpha value is -1.36. The first kappa shape index (κ1) is 13.1. The number of nitrogens with one attached hydrogen (secondary N) is 1. The largest absolute Gasteiger partial charge is 1.00 e. The van der Waals surface area contributed by atoms with Gasteiger partial charge in [-0.05, 0) is 18.2 Å². The van der Waals surface area contributed by atoms with Crippen molar-refractivity contribution in [2.24, 2.45) is 0 Å². The van der Waals surface area contributed by atoms with Crippen LogP contribution in [0.5, 0.6) is 0 Å². The molecular weight excluding hydrogens is 335 g/mol. The number of rotatable bonds is 1. The van der Waals surface area contributed by atoms with Crippen LogP contribution in [0, 0.1) is 0 Å². The smallest absolute Gasteiger partial charge is 0.211 e. The minimum absolute atomic E-state index is 0. The van der Waals surface area contributed by atoms with Crippen LogP contribution in [0.2, 0.25) is 0 Å². The monoisotopic (exact) mass is 350 g/mol. The molecule has 1 aromatic carbocycles. The van der Waals surface area contributed by atoms with E-state index in [1.165, 1.54) is 22.5 Å². The molecule has 2 heterocycles. The number of hydrogen-bond acceptors (Lipinski definition) is 1. The Balaban J connectivity index is 0.00000120. The summed E-state index contributed by atoms with van der Waals surface area (Å²) in [5.74, 6) is 0. The summed E-state index contributed by atoms with van der Waals surface area (Å²) >= 11 is 0. The van der Waals surface area contributed by atoms with Crippen LogP contribution in [0.1, 0.15) is 11.3 Å². The maximum Gasteiger partial charge on any atom is 0.211 e. The van der Waals surface area contributed by atoms with Crippen molar-refractivity contribution in [1.29, 1.82) is 0 Å². The average Bonchev–Trinajstić information content (AvgIpc) is 2.39. The van der Waals surface area contributed by atoms with Crippen molar-refractivity contribution in [3.63, 3.8) is 0 Å². The van der Waals surface area contributed by atoms with Gasteiger partial charge >= 0.3 is 0 Å². The molecule has 1 aliphatic rings. The SMILES string of the molecule is CN1C=Cc2[nH+]c(-c3ccccc3)ccc2C1.[I-]. The van der Waals surface area contributed by atoms with Gasteiger partial charge in [0.25, 0.3) is 0 Å². The van der Waals surface area contributed by atoms with Crippen molar-refractivity contribution < 1.29 is 29.0 Å². The van der Waals surface area contributed by atoms with Gasteiger partial charge in [-0.15, -0.1) is 0 Å². The third kappa shape index (κ3) is 2.56. The van der Waals surface area contributed by atoms with Gasteiger partial charge in [-0.25, -0.2) is 4.98 Å². The van der Waals surface area contributed by atoms with Crippen LogP contribution in [0.4, 0.5) is 0 Å². The molecule has 0 spiro atoms. The zero-order valence-corrected chi connectivity index (χ0v) is 12.4. The summed E-state index contributed by atoms with van der Waals surface area (Å²) in [7, 11) is 2.09. The van der Waals surface area contributed by atoms with E-state index < -0.39 is 0 Å². The molecule has 0 saturated carbocycles. The summed E-state index contributed by atoms with van der Waals surface area (Å²) in [5, 5.41) is 0. The number of halogens is 1. The van der Waals surface area contributed by atoms with Gasteiger partial charge in [-0.2, -0.15) is 0 Å². The first-order valence-electron chi connectivity index (χ1n) is 5.82. The number of aromatic nitrogens is 1. The molecule has 0 amide bonds. The molecule has 0 radical (unpaired) electrons. The van der Waals surface area contributed by atoms with E-state index in [4.69, 9.17) is 0 Å². The van der Waals surface area contributed by atoms with Crippen molar-refractivity contribution in [2.75, 3.05) is 7.05 Å². The minimum atomic E-state index is 0. The predicted octanol–water partition coefficient (Wildman–Crippen LogP) is -0.412. The van der Waals surface area contributed by atoms with Crippen molar-refractivity contribution in [3.8, 4) is 11.3 Å². The third-order valence-electron chi connectivity index (χ3n) is 3.07. The molecule has 0 atom stereocenters. The quantitative estimate of drug-likeness (QED) is 0.640. The molecule has 0 unspecified atom stereocenters. The van der Waals surface area contributed by atoms with Crippen molar-refractivity contribution in [2.45, 2.75) is 6.54 Å². The van der Waals surface area contributed by atoms with E-state index in [1.54, 1.807) is 0 Å². The highest BCUT2D eigenvalue weighted by atomic mass is 127. The molecule has 3 rings (SSSR count). The number of aromatic amines is 1. The predicted molar refractivity (Wildman–Crippen MR) is 68.9 cm³/mol. The lowest BCUT2D eigenvalue weighted by molar-refractivity contribution is -0.368. The van der Waals surface area contributed by atoms with E-state index in [0.717, 1.165) is 6.54 Å². The molecule has 18 heavy (non-hydrogen) atoms. The first-order valence-corrected chi connectivity index (χ1v) is 5.82. The van der Waals surface area contributed by atoms with Crippen LogP contribution in [0.25, 0.3) is 17.3 Å². The second-order valence-corrected chi connectivity index (χ2v) is 4.41. The maximum atomic E-state index is 3.49. The second-order valence-electron chi connectivity index (χ2n) is 4.41. The minimum Gasteiger partial charge on any atom is -1.00 e. The lowest BCUT2D eigenvalue weighted by atomic mass is 10.1. The normalized spacial score (nSPS) is 12.8. The lowest BCUT2D eigenvalue weighted by Gasteiger charge is -2.17. The Morgan fingerprint density at radius 3 is 2.61 bits per heavy atom. The standard InChI is InChI=1S/C15H14N2.HI/c1-17-10-9-15-13(11-17)7-8-14(16-15)12-5-3-2-4-6-12;/h2-10H,11H2,1H3;1H. The number of H-pyrrole nitrogens is 1. The van der Waals surface area contributed by atoms with E-state index in [-0.39, 0.29) is 24.0 Å². The average molecular weight is 350 g/mol. The molecule has 0 aliphatic carbocycles. The molecule has 0 bridgehead atoms. The fourth-order valence-electron chi connectivity index (χ4n) is 2.14.